The average molecular weight is 449 g/mol. The number of carboxylic acid groups (broad SMARTS) is 1. The number of nitrogens with one attached hydrogen (secondary N) is 1. The molecule has 0 saturated carbocycles. The molecule has 31 heavy (non-hydrogen) atoms. The molecule has 0 aliphatic carbocycles. The van der Waals surface area contributed by atoms with Crippen molar-refractivity contribution in [3.63, 3.8) is 0 Å². The zero-order valence-electron chi connectivity index (χ0n) is 15.8. The van der Waals surface area contributed by atoms with Crippen molar-refractivity contribution in [3.8, 4) is 0 Å². The summed E-state index contributed by atoms with van der Waals surface area (Å²) in [5, 5.41) is 11.6. The van der Waals surface area contributed by atoms with E-state index >= 15 is 0 Å². The highest BCUT2D eigenvalue weighted by Crippen LogP contribution is 2.34. The molecular weight excluding hydrogens is 432 g/mol. The molecule has 2 N–H and O–H groups in total. The van der Waals surface area contributed by atoms with Gasteiger partial charge in [-0.3, -0.25) is 0 Å². The van der Waals surface area contributed by atoms with Gasteiger partial charge in [-0.1, -0.05) is 12.1 Å². The van der Waals surface area contributed by atoms with Gasteiger partial charge in [-0.05, 0) is 37.0 Å². The minimum Gasteiger partial charge on any atom is -0.477 e. The first-order valence-corrected chi connectivity index (χ1v) is 9.19. The molecule has 2 heterocycles. The summed E-state index contributed by atoms with van der Waals surface area (Å²) in [6, 6.07) is 5.49. The normalized spacial score (nSPS) is 19.8. The van der Waals surface area contributed by atoms with Crippen LogP contribution >= 0.6 is 0 Å². The fourth-order valence-corrected chi connectivity index (χ4v) is 3.17. The Bertz CT molecular complexity index is 931. The Labute approximate surface area is 172 Å². The summed E-state index contributed by atoms with van der Waals surface area (Å²) >= 11 is 0. The van der Waals surface area contributed by atoms with Gasteiger partial charge in [-0.25, -0.2) is 14.8 Å². The van der Waals surface area contributed by atoms with Gasteiger partial charge in [-0.2, -0.15) is 26.3 Å². The van der Waals surface area contributed by atoms with Crippen molar-refractivity contribution >= 4 is 11.8 Å². The number of hydrogen-bond donors (Lipinski definition) is 2. The Morgan fingerprint density at radius 1 is 1.06 bits per heavy atom. The lowest BCUT2D eigenvalue weighted by Crippen LogP contribution is -2.29. The molecule has 1 aromatic carbocycles. The molecule has 0 radical (unpaired) electrons. The summed E-state index contributed by atoms with van der Waals surface area (Å²) in [6.07, 6.45) is -8.45. The second-order valence-corrected chi connectivity index (χ2v) is 6.94. The lowest BCUT2D eigenvalue weighted by Gasteiger charge is -2.31. The number of hydrogen-bond acceptors (Lipinski definition) is 5. The van der Waals surface area contributed by atoms with Gasteiger partial charge in [0.25, 0.3) is 0 Å². The quantitative estimate of drug-likeness (QED) is 0.630. The number of carbonyl (C=O) groups is 1. The third-order valence-electron chi connectivity index (χ3n) is 4.67. The molecule has 2 unspecified atom stereocenters. The molecule has 1 aliphatic rings. The van der Waals surface area contributed by atoms with Crippen LogP contribution in [-0.4, -0.2) is 33.7 Å². The van der Waals surface area contributed by atoms with Crippen molar-refractivity contribution in [2.24, 2.45) is 0 Å². The summed E-state index contributed by atoms with van der Waals surface area (Å²) in [7, 11) is 0. The summed E-state index contributed by atoms with van der Waals surface area (Å²) in [4.78, 5) is 17.3. The standard InChI is InChI=1S/C19H17F6N3O3/c20-18(21,22)11-6-4-10(5-7-11)14-3-1-2-12(31-14)9-26-15-8-13(16(29)30)27-17(28-15)19(23,24)25/h4-8,12,14H,1-3,9H2,(H,29,30)(H,26,27,28). The molecule has 6 nitrogen and oxygen atoms in total. The highest BCUT2D eigenvalue weighted by atomic mass is 19.4. The monoisotopic (exact) mass is 449 g/mol. The third-order valence-corrected chi connectivity index (χ3v) is 4.67. The summed E-state index contributed by atoms with van der Waals surface area (Å²) in [5.74, 6) is -3.53. The fourth-order valence-electron chi connectivity index (χ4n) is 3.17. The molecule has 0 amide bonds. The predicted octanol–water partition coefficient (Wildman–Crippen LogP) is 4.93. The maximum Gasteiger partial charge on any atom is 0.451 e. The molecule has 1 saturated heterocycles. The van der Waals surface area contributed by atoms with Crippen LogP contribution in [0.3, 0.4) is 0 Å². The molecule has 2 aromatic rings. The first-order valence-electron chi connectivity index (χ1n) is 9.19. The van der Waals surface area contributed by atoms with Crippen LogP contribution in [0.25, 0.3) is 0 Å². The Morgan fingerprint density at radius 2 is 1.74 bits per heavy atom. The second kappa shape index (κ2) is 8.69. The first kappa shape index (κ1) is 22.8. The number of nitrogens with zero attached hydrogens (tertiary/aromatic N) is 2. The van der Waals surface area contributed by atoms with Crippen LogP contribution < -0.4 is 5.32 Å². The van der Waals surface area contributed by atoms with Crippen LogP contribution in [0.1, 0.15) is 52.8 Å². The zero-order valence-corrected chi connectivity index (χ0v) is 15.8. The Balaban J connectivity index is 1.67. The van der Waals surface area contributed by atoms with Gasteiger partial charge in [0, 0.05) is 12.6 Å². The molecule has 1 fully saturated rings. The lowest BCUT2D eigenvalue weighted by molar-refractivity contribution is -0.145. The average Bonchev–Trinajstić information content (AvgIpc) is 2.71. The molecule has 2 atom stereocenters. The number of halogens is 6. The Kier molecular flexibility index (Phi) is 6.39. The van der Waals surface area contributed by atoms with Gasteiger partial charge in [-0.15, -0.1) is 0 Å². The number of ether oxygens (including phenoxy) is 1. The lowest BCUT2D eigenvalue weighted by atomic mass is 9.97. The van der Waals surface area contributed by atoms with Crippen molar-refractivity contribution in [1.82, 2.24) is 9.97 Å². The van der Waals surface area contributed by atoms with E-state index in [0.29, 0.717) is 24.8 Å². The molecule has 0 bridgehead atoms. The van der Waals surface area contributed by atoms with Crippen LogP contribution in [0, 0.1) is 0 Å². The molecule has 1 aromatic heterocycles. The van der Waals surface area contributed by atoms with Crippen LogP contribution in [0.4, 0.5) is 32.2 Å². The zero-order chi connectivity index (χ0) is 22.8. The Hall–Kier alpha value is -2.89. The van der Waals surface area contributed by atoms with Gasteiger partial charge in [0.05, 0.1) is 17.8 Å². The van der Waals surface area contributed by atoms with E-state index in [4.69, 9.17) is 9.84 Å². The third kappa shape index (κ3) is 5.84. The minimum absolute atomic E-state index is 0.0322. The summed E-state index contributed by atoms with van der Waals surface area (Å²) in [6.45, 7) is 0.0322. The van der Waals surface area contributed by atoms with Crippen molar-refractivity contribution in [3.05, 3.63) is 53.0 Å². The number of benzene rings is 1. The summed E-state index contributed by atoms with van der Waals surface area (Å²) < 4.78 is 82.7. The van der Waals surface area contributed by atoms with Crippen LogP contribution in [-0.2, 0) is 17.1 Å². The van der Waals surface area contributed by atoms with Crippen molar-refractivity contribution < 1.29 is 41.0 Å². The van der Waals surface area contributed by atoms with E-state index in [1.165, 1.54) is 12.1 Å². The number of rotatable bonds is 5. The van der Waals surface area contributed by atoms with Crippen molar-refractivity contribution in [1.29, 1.82) is 0 Å². The predicted molar refractivity (Wildman–Crippen MR) is 95.4 cm³/mol. The van der Waals surface area contributed by atoms with Gasteiger partial charge in [0.2, 0.25) is 5.82 Å². The smallest absolute Gasteiger partial charge is 0.451 e. The van der Waals surface area contributed by atoms with E-state index in [1.807, 2.05) is 0 Å². The molecule has 1 aliphatic heterocycles. The van der Waals surface area contributed by atoms with Gasteiger partial charge >= 0.3 is 18.3 Å². The number of aromatic carboxylic acids is 1. The molecule has 3 rings (SSSR count). The first-order chi connectivity index (χ1) is 14.4. The highest BCUT2D eigenvalue weighted by molar-refractivity contribution is 5.86. The molecule has 0 spiro atoms. The van der Waals surface area contributed by atoms with Gasteiger partial charge in [0.15, 0.2) is 5.69 Å². The van der Waals surface area contributed by atoms with E-state index in [9.17, 15) is 31.1 Å². The summed E-state index contributed by atoms with van der Waals surface area (Å²) in [5.41, 5.74) is -1.02. The molecule has 12 heteroatoms. The van der Waals surface area contributed by atoms with E-state index in [-0.39, 0.29) is 12.4 Å². The van der Waals surface area contributed by atoms with E-state index in [1.54, 1.807) is 0 Å². The van der Waals surface area contributed by atoms with Gasteiger partial charge < -0.3 is 15.2 Å². The van der Waals surface area contributed by atoms with Gasteiger partial charge in [0.1, 0.15) is 5.82 Å². The van der Waals surface area contributed by atoms with Crippen LogP contribution in [0.2, 0.25) is 0 Å². The Morgan fingerprint density at radius 3 is 2.32 bits per heavy atom. The topological polar surface area (TPSA) is 84.3 Å². The fraction of sp³-hybridized carbons (Fsp3) is 0.421. The van der Waals surface area contributed by atoms with Crippen LogP contribution in [0.5, 0.6) is 0 Å². The largest absolute Gasteiger partial charge is 0.477 e. The SMILES string of the molecule is O=C(O)c1cc(NCC2CCCC(c3ccc(C(F)(F)F)cc3)O2)nc(C(F)(F)F)n1. The molecule has 168 valence electrons. The van der Waals surface area contributed by atoms with Crippen molar-refractivity contribution in [2.45, 2.75) is 43.8 Å². The number of aromatic nitrogens is 2. The van der Waals surface area contributed by atoms with E-state index < -0.39 is 47.6 Å². The van der Waals surface area contributed by atoms with Crippen LogP contribution in [0.15, 0.2) is 30.3 Å². The van der Waals surface area contributed by atoms with Crippen molar-refractivity contribution in [2.75, 3.05) is 11.9 Å². The maximum atomic E-state index is 12.9. The minimum atomic E-state index is -4.92. The van der Waals surface area contributed by atoms with E-state index in [0.717, 1.165) is 18.2 Å². The number of anilines is 1. The second-order valence-electron chi connectivity index (χ2n) is 6.94. The highest BCUT2D eigenvalue weighted by Gasteiger charge is 2.36. The maximum absolute atomic E-state index is 12.9. The number of alkyl halides is 6. The number of carboxylic acids is 1. The molecular formula is C19H17F6N3O3. The van der Waals surface area contributed by atoms with E-state index in [2.05, 4.69) is 15.3 Å².